The minimum absolute atomic E-state index is 0.125. The number of rotatable bonds is 5. The van der Waals surface area contributed by atoms with Gasteiger partial charge in [-0.1, -0.05) is 40.2 Å². The molecular weight excluding hydrogens is 394 g/mol. The lowest BCUT2D eigenvalue weighted by atomic mass is 10.1. The van der Waals surface area contributed by atoms with E-state index in [0.29, 0.717) is 6.54 Å². The Morgan fingerprint density at radius 1 is 1.08 bits per heavy atom. The first kappa shape index (κ1) is 20.3. The Kier molecular flexibility index (Phi) is 6.70. The number of nitrogens with zero attached hydrogens (tertiary/aromatic N) is 1. The summed E-state index contributed by atoms with van der Waals surface area (Å²) >= 11 is 3.45. The first-order chi connectivity index (χ1) is 12.2. The number of hydrogen-bond acceptors (Lipinski definition) is 3. The van der Waals surface area contributed by atoms with Crippen LogP contribution in [0.3, 0.4) is 0 Å². The van der Waals surface area contributed by atoms with E-state index in [-0.39, 0.29) is 12.1 Å². The molecule has 2 aromatic rings. The van der Waals surface area contributed by atoms with Crippen LogP contribution in [0.2, 0.25) is 0 Å². The molecular formula is C21H26BrNO3. The summed E-state index contributed by atoms with van der Waals surface area (Å²) in [6.45, 7) is 8.09. The van der Waals surface area contributed by atoms with Gasteiger partial charge in [0, 0.05) is 11.0 Å². The van der Waals surface area contributed by atoms with E-state index in [1.54, 1.807) is 12.0 Å². The molecule has 0 spiro atoms. The number of methoxy groups -OCH3 is 1. The molecule has 0 aromatic heterocycles. The second-order valence-electron chi connectivity index (χ2n) is 7.18. The van der Waals surface area contributed by atoms with Crippen molar-refractivity contribution in [2.45, 2.75) is 45.9 Å². The van der Waals surface area contributed by atoms with Crippen molar-refractivity contribution in [3.63, 3.8) is 0 Å². The van der Waals surface area contributed by atoms with Crippen molar-refractivity contribution < 1.29 is 14.3 Å². The quantitative estimate of drug-likeness (QED) is 0.600. The van der Waals surface area contributed by atoms with E-state index in [2.05, 4.69) is 15.9 Å². The predicted molar refractivity (Wildman–Crippen MR) is 107 cm³/mol. The van der Waals surface area contributed by atoms with Crippen LogP contribution in [0.15, 0.2) is 53.0 Å². The topological polar surface area (TPSA) is 38.8 Å². The molecule has 1 atom stereocenters. The molecule has 0 bridgehead atoms. The number of amides is 1. The monoisotopic (exact) mass is 419 g/mol. The van der Waals surface area contributed by atoms with E-state index in [4.69, 9.17) is 9.47 Å². The van der Waals surface area contributed by atoms with E-state index in [0.717, 1.165) is 21.3 Å². The Hall–Kier alpha value is -2.01. The molecule has 0 saturated heterocycles. The lowest BCUT2D eigenvalue weighted by molar-refractivity contribution is 0.0153. The van der Waals surface area contributed by atoms with E-state index in [1.165, 1.54) is 0 Å². The third-order valence-electron chi connectivity index (χ3n) is 3.96. The molecule has 0 radical (unpaired) electrons. The fourth-order valence-electron chi connectivity index (χ4n) is 2.53. The molecule has 26 heavy (non-hydrogen) atoms. The van der Waals surface area contributed by atoms with Gasteiger partial charge in [0.15, 0.2) is 0 Å². The van der Waals surface area contributed by atoms with Gasteiger partial charge in [0.2, 0.25) is 0 Å². The van der Waals surface area contributed by atoms with Crippen LogP contribution in [0.1, 0.15) is 44.9 Å². The molecule has 0 aliphatic carbocycles. The number of halogens is 1. The second-order valence-corrected chi connectivity index (χ2v) is 8.10. The molecule has 1 unspecified atom stereocenters. The van der Waals surface area contributed by atoms with Gasteiger partial charge in [0.1, 0.15) is 11.4 Å². The van der Waals surface area contributed by atoms with Crippen LogP contribution in [0.5, 0.6) is 5.75 Å². The van der Waals surface area contributed by atoms with E-state index >= 15 is 0 Å². The van der Waals surface area contributed by atoms with Gasteiger partial charge in [-0.05, 0) is 63.1 Å². The van der Waals surface area contributed by atoms with Crippen LogP contribution < -0.4 is 4.74 Å². The number of carbonyl (C=O) groups excluding carboxylic acids is 1. The van der Waals surface area contributed by atoms with E-state index in [9.17, 15) is 4.79 Å². The molecule has 2 aromatic carbocycles. The zero-order chi connectivity index (χ0) is 19.3. The molecule has 0 heterocycles. The molecule has 140 valence electrons. The zero-order valence-electron chi connectivity index (χ0n) is 16.0. The van der Waals surface area contributed by atoms with Gasteiger partial charge in [0.25, 0.3) is 0 Å². The normalized spacial score (nSPS) is 12.4. The maximum Gasteiger partial charge on any atom is 0.411 e. The summed E-state index contributed by atoms with van der Waals surface area (Å²) in [6, 6.07) is 15.6. The highest BCUT2D eigenvalue weighted by molar-refractivity contribution is 9.10. The molecule has 0 N–H and O–H groups in total. The Bertz CT molecular complexity index is 720. The van der Waals surface area contributed by atoms with Crippen LogP contribution in [-0.2, 0) is 11.3 Å². The summed E-state index contributed by atoms with van der Waals surface area (Å²) in [7, 11) is 1.64. The van der Waals surface area contributed by atoms with Gasteiger partial charge < -0.3 is 9.47 Å². The first-order valence-electron chi connectivity index (χ1n) is 8.57. The SMILES string of the molecule is COc1ccc(CN(C(=O)OC(C)(C)C)C(C)c2ccc(Br)cc2)cc1. The van der Waals surface area contributed by atoms with Gasteiger partial charge >= 0.3 is 6.09 Å². The molecule has 0 fully saturated rings. The fraction of sp³-hybridized carbons (Fsp3) is 0.381. The predicted octanol–water partition coefficient (Wildman–Crippen LogP) is 5.96. The second kappa shape index (κ2) is 8.58. The molecule has 0 aliphatic rings. The molecule has 2 rings (SSSR count). The standard InChI is InChI=1S/C21H26BrNO3/c1-15(17-8-10-18(22)11-9-17)23(20(24)26-21(2,3)4)14-16-6-12-19(25-5)13-7-16/h6-13,15H,14H2,1-5H3. The van der Waals surface area contributed by atoms with Crippen LogP contribution in [0, 0.1) is 0 Å². The largest absolute Gasteiger partial charge is 0.497 e. The minimum atomic E-state index is -0.547. The van der Waals surface area contributed by atoms with Gasteiger partial charge in [-0.2, -0.15) is 0 Å². The van der Waals surface area contributed by atoms with E-state index < -0.39 is 5.60 Å². The van der Waals surface area contributed by atoms with Gasteiger partial charge in [-0.15, -0.1) is 0 Å². The maximum absolute atomic E-state index is 12.8. The third kappa shape index (κ3) is 5.77. The summed E-state index contributed by atoms with van der Waals surface area (Å²) in [5.74, 6) is 0.790. The summed E-state index contributed by atoms with van der Waals surface area (Å²) < 4.78 is 11.8. The third-order valence-corrected chi connectivity index (χ3v) is 4.49. The molecule has 4 nitrogen and oxygen atoms in total. The summed E-state index contributed by atoms with van der Waals surface area (Å²) in [5.41, 5.74) is 1.52. The number of carbonyl (C=O) groups is 1. The molecule has 0 saturated carbocycles. The van der Waals surface area contributed by atoms with Crippen LogP contribution >= 0.6 is 15.9 Å². The highest BCUT2D eigenvalue weighted by Gasteiger charge is 2.27. The van der Waals surface area contributed by atoms with Crippen molar-refractivity contribution in [2.75, 3.05) is 7.11 Å². The van der Waals surface area contributed by atoms with Crippen LogP contribution in [0.25, 0.3) is 0 Å². The number of ether oxygens (including phenoxy) is 2. The Morgan fingerprint density at radius 3 is 2.15 bits per heavy atom. The van der Waals surface area contributed by atoms with Gasteiger partial charge in [0.05, 0.1) is 13.2 Å². The minimum Gasteiger partial charge on any atom is -0.497 e. The summed E-state index contributed by atoms with van der Waals surface area (Å²) in [5, 5.41) is 0. The van der Waals surface area contributed by atoms with Crippen molar-refractivity contribution in [3.8, 4) is 5.75 Å². The fourth-order valence-corrected chi connectivity index (χ4v) is 2.79. The lowest BCUT2D eigenvalue weighted by Gasteiger charge is -2.32. The summed E-state index contributed by atoms with van der Waals surface area (Å²) in [6.07, 6.45) is -0.330. The highest BCUT2D eigenvalue weighted by atomic mass is 79.9. The molecule has 1 amide bonds. The average Bonchev–Trinajstić information content (AvgIpc) is 2.58. The smallest absolute Gasteiger partial charge is 0.411 e. The Morgan fingerprint density at radius 2 is 1.65 bits per heavy atom. The van der Waals surface area contributed by atoms with Crippen molar-refractivity contribution in [1.82, 2.24) is 4.90 Å². The lowest BCUT2D eigenvalue weighted by Crippen LogP contribution is -2.38. The van der Waals surface area contributed by atoms with E-state index in [1.807, 2.05) is 76.2 Å². The Balaban J connectivity index is 2.27. The number of hydrogen-bond donors (Lipinski definition) is 0. The van der Waals surface area contributed by atoms with Gasteiger partial charge in [-0.3, -0.25) is 4.90 Å². The number of benzene rings is 2. The van der Waals surface area contributed by atoms with Crippen molar-refractivity contribution in [1.29, 1.82) is 0 Å². The zero-order valence-corrected chi connectivity index (χ0v) is 17.5. The van der Waals surface area contributed by atoms with Crippen LogP contribution in [0.4, 0.5) is 4.79 Å². The average molecular weight is 420 g/mol. The first-order valence-corrected chi connectivity index (χ1v) is 9.37. The van der Waals surface area contributed by atoms with Crippen molar-refractivity contribution in [3.05, 3.63) is 64.1 Å². The van der Waals surface area contributed by atoms with Crippen molar-refractivity contribution >= 4 is 22.0 Å². The van der Waals surface area contributed by atoms with Crippen molar-refractivity contribution in [2.24, 2.45) is 0 Å². The molecule has 5 heteroatoms. The van der Waals surface area contributed by atoms with Gasteiger partial charge in [-0.25, -0.2) is 4.79 Å². The van der Waals surface area contributed by atoms with Crippen LogP contribution in [-0.4, -0.2) is 23.7 Å². The molecule has 0 aliphatic heterocycles. The highest BCUT2D eigenvalue weighted by Crippen LogP contribution is 2.26. The maximum atomic E-state index is 12.8. The Labute approximate surface area is 164 Å². The summed E-state index contributed by atoms with van der Waals surface area (Å²) in [4.78, 5) is 14.6.